The van der Waals surface area contributed by atoms with Gasteiger partial charge in [0.05, 0.1) is 11.3 Å². The van der Waals surface area contributed by atoms with Crippen molar-refractivity contribution in [2.75, 3.05) is 11.9 Å². The molecule has 1 amide bonds. The monoisotopic (exact) mass is 351 g/mol. The highest BCUT2D eigenvalue weighted by Crippen LogP contribution is 2.14. The SMILES string of the molecule is Cc1cc(C)cc(NC(=O)COC(=O)c2ccc(-n3cnnn3)cc2)c1. The predicted octanol–water partition coefficient (Wildman–Crippen LogP) is 2.07. The Hall–Kier alpha value is -3.55. The molecule has 0 atom stereocenters. The van der Waals surface area contributed by atoms with Crippen LogP contribution >= 0.6 is 0 Å². The molecule has 3 aromatic rings. The molecule has 0 aliphatic rings. The van der Waals surface area contributed by atoms with Crippen molar-refractivity contribution in [1.82, 2.24) is 20.2 Å². The van der Waals surface area contributed by atoms with E-state index in [4.69, 9.17) is 4.74 Å². The van der Waals surface area contributed by atoms with E-state index in [1.54, 1.807) is 24.3 Å². The van der Waals surface area contributed by atoms with Crippen molar-refractivity contribution in [3.63, 3.8) is 0 Å². The van der Waals surface area contributed by atoms with Gasteiger partial charge in [0.2, 0.25) is 0 Å². The molecule has 0 saturated carbocycles. The Bertz CT molecular complexity index is 900. The van der Waals surface area contributed by atoms with Gasteiger partial charge in [-0.2, -0.15) is 0 Å². The first kappa shape index (κ1) is 17.3. The molecule has 0 unspecified atom stereocenters. The van der Waals surface area contributed by atoms with Gasteiger partial charge < -0.3 is 10.1 Å². The Balaban J connectivity index is 1.55. The zero-order valence-electron chi connectivity index (χ0n) is 14.3. The number of esters is 1. The summed E-state index contributed by atoms with van der Waals surface area (Å²) in [6.07, 6.45) is 1.45. The molecule has 0 spiro atoms. The van der Waals surface area contributed by atoms with Gasteiger partial charge in [0.15, 0.2) is 6.61 Å². The number of hydrogen-bond acceptors (Lipinski definition) is 6. The van der Waals surface area contributed by atoms with Crippen LogP contribution in [0.25, 0.3) is 5.69 Å². The smallest absolute Gasteiger partial charge is 0.338 e. The fraction of sp³-hybridized carbons (Fsp3) is 0.167. The summed E-state index contributed by atoms with van der Waals surface area (Å²) in [6, 6.07) is 12.2. The number of carbonyl (C=O) groups is 2. The van der Waals surface area contributed by atoms with Crippen LogP contribution in [0.2, 0.25) is 0 Å². The molecule has 26 heavy (non-hydrogen) atoms. The van der Waals surface area contributed by atoms with Crippen molar-refractivity contribution in [2.45, 2.75) is 13.8 Å². The minimum atomic E-state index is -0.580. The van der Waals surface area contributed by atoms with Crippen LogP contribution in [0.3, 0.4) is 0 Å². The van der Waals surface area contributed by atoms with Gasteiger partial charge in [0.25, 0.3) is 5.91 Å². The van der Waals surface area contributed by atoms with Crippen molar-refractivity contribution in [1.29, 1.82) is 0 Å². The Morgan fingerprint density at radius 2 is 1.77 bits per heavy atom. The third kappa shape index (κ3) is 4.29. The van der Waals surface area contributed by atoms with E-state index in [1.165, 1.54) is 11.0 Å². The van der Waals surface area contributed by atoms with E-state index in [-0.39, 0.29) is 6.61 Å². The van der Waals surface area contributed by atoms with E-state index in [1.807, 2.05) is 32.0 Å². The Labute approximate surface area is 149 Å². The highest BCUT2D eigenvalue weighted by atomic mass is 16.5. The van der Waals surface area contributed by atoms with Gasteiger partial charge in [-0.3, -0.25) is 4.79 Å². The first-order chi connectivity index (χ1) is 12.5. The molecule has 8 heteroatoms. The predicted molar refractivity (Wildman–Crippen MR) is 94.0 cm³/mol. The summed E-state index contributed by atoms with van der Waals surface area (Å²) in [5.74, 6) is -0.975. The Morgan fingerprint density at radius 1 is 1.08 bits per heavy atom. The quantitative estimate of drug-likeness (QED) is 0.707. The van der Waals surface area contributed by atoms with E-state index >= 15 is 0 Å². The number of nitrogens with one attached hydrogen (secondary N) is 1. The van der Waals surface area contributed by atoms with Gasteiger partial charge in [-0.1, -0.05) is 6.07 Å². The lowest BCUT2D eigenvalue weighted by atomic mass is 10.1. The zero-order chi connectivity index (χ0) is 18.5. The van der Waals surface area contributed by atoms with E-state index in [0.717, 1.165) is 11.1 Å². The van der Waals surface area contributed by atoms with Crippen LogP contribution in [0.4, 0.5) is 5.69 Å². The number of nitrogens with zero attached hydrogens (tertiary/aromatic N) is 4. The molecule has 1 N–H and O–H groups in total. The molecular formula is C18H17N5O3. The van der Waals surface area contributed by atoms with E-state index in [0.29, 0.717) is 16.9 Å². The number of amides is 1. The number of tetrazole rings is 1. The van der Waals surface area contributed by atoms with Gasteiger partial charge in [0, 0.05) is 5.69 Å². The molecule has 8 nitrogen and oxygen atoms in total. The van der Waals surface area contributed by atoms with Crippen LogP contribution in [0.5, 0.6) is 0 Å². The lowest BCUT2D eigenvalue weighted by Crippen LogP contribution is -2.21. The number of carbonyl (C=O) groups excluding carboxylic acids is 2. The second-order valence-corrected chi connectivity index (χ2v) is 5.80. The molecule has 132 valence electrons. The Morgan fingerprint density at radius 3 is 2.38 bits per heavy atom. The van der Waals surface area contributed by atoms with Gasteiger partial charge in [-0.15, -0.1) is 5.10 Å². The van der Waals surface area contributed by atoms with Crippen LogP contribution in [0.15, 0.2) is 48.8 Å². The third-order valence-electron chi connectivity index (χ3n) is 3.56. The number of rotatable bonds is 5. The fourth-order valence-corrected chi connectivity index (χ4v) is 2.49. The maximum absolute atomic E-state index is 12.1. The van der Waals surface area contributed by atoms with Gasteiger partial charge in [-0.05, 0) is 71.8 Å². The maximum atomic E-state index is 12.1. The number of anilines is 1. The number of benzene rings is 2. The molecule has 2 aromatic carbocycles. The summed E-state index contributed by atoms with van der Waals surface area (Å²) in [5, 5.41) is 13.6. The highest BCUT2D eigenvalue weighted by molar-refractivity contribution is 5.95. The second kappa shape index (κ2) is 7.56. The second-order valence-electron chi connectivity index (χ2n) is 5.80. The Kier molecular flexibility index (Phi) is 5.02. The van der Waals surface area contributed by atoms with Gasteiger partial charge >= 0.3 is 5.97 Å². The zero-order valence-corrected chi connectivity index (χ0v) is 14.3. The highest BCUT2D eigenvalue weighted by Gasteiger charge is 2.11. The minimum absolute atomic E-state index is 0.334. The molecule has 3 rings (SSSR count). The summed E-state index contributed by atoms with van der Waals surface area (Å²) in [4.78, 5) is 24.0. The number of aryl methyl sites for hydroxylation is 2. The topological polar surface area (TPSA) is 99.0 Å². The molecule has 1 heterocycles. The summed E-state index contributed by atoms with van der Waals surface area (Å²) in [6.45, 7) is 3.53. The molecule has 0 saturated heterocycles. The average molecular weight is 351 g/mol. The standard InChI is InChI=1S/C18H17N5O3/c1-12-7-13(2)9-15(8-12)20-17(24)10-26-18(25)14-3-5-16(6-4-14)23-11-19-21-22-23/h3-9,11H,10H2,1-2H3,(H,20,24). The normalized spacial score (nSPS) is 10.4. The molecule has 1 aromatic heterocycles. The lowest BCUT2D eigenvalue weighted by Gasteiger charge is -2.08. The molecule has 0 aliphatic carbocycles. The van der Waals surface area contributed by atoms with E-state index in [9.17, 15) is 9.59 Å². The van der Waals surface area contributed by atoms with Crippen LogP contribution in [-0.4, -0.2) is 38.7 Å². The first-order valence-corrected chi connectivity index (χ1v) is 7.90. The number of aromatic nitrogens is 4. The van der Waals surface area contributed by atoms with Crippen molar-refractivity contribution in [2.24, 2.45) is 0 Å². The molecular weight excluding hydrogens is 334 g/mol. The van der Waals surface area contributed by atoms with Crippen molar-refractivity contribution < 1.29 is 14.3 Å². The van der Waals surface area contributed by atoms with Crippen molar-refractivity contribution >= 4 is 17.6 Å². The van der Waals surface area contributed by atoms with Gasteiger partial charge in [0.1, 0.15) is 6.33 Å². The molecule has 0 fully saturated rings. The van der Waals surface area contributed by atoms with E-state index < -0.39 is 11.9 Å². The van der Waals surface area contributed by atoms with Crippen LogP contribution in [0, 0.1) is 13.8 Å². The van der Waals surface area contributed by atoms with Gasteiger partial charge in [-0.25, -0.2) is 9.48 Å². The van der Waals surface area contributed by atoms with Crippen LogP contribution in [0.1, 0.15) is 21.5 Å². The van der Waals surface area contributed by atoms with Crippen molar-refractivity contribution in [3.8, 4) is 5.69 Å². The largest absolute Gasteiger partial charge is 0.452 e. The molecule has 0 radical (unpaired) electrons. The summed E-state index contributed by atoms with van der Waals surface area (Å²) >= 11 is 0. The van der Waals surface area contributed by atoms with Crippen LogP contribution in [-0.2, 0) is 9.53 Å². The fourth-order valence-electron chi connectivity index (χ4n) is 2.49. The van der Waals surface area contributed by atoms with Crippen molar-refractivity contribution in [3.05, 3.63) is 65.5 Å². The summed E-state index contributed by atoms with van der Waals surface area (Å²) in [5.41, 5.74) is 3.80. The molecule has 0 bridgehead atoms. The molecule has 0 aliphatic heterocycles. The third-order valence-corrected chi connectivity index (χ3v) is 3.56. The number of ether oxygens (including phenoxy) is 1. The maximum Gasteiger partial charge on any atom is 0.338 e. The number of hydrogen-bond donors (Lipinski definition) is 1. The summed E-state index contributed by atoms with van der Waals surface area (Å²) in [7, 11) is 0. The lowest BCUT2D eigenvalue weighted by molar-refractivity contribution is -0.119. The minimum Gasteiger partial charge on any atom is -0.452 e. The summed E-state index contributed by atoms with van der Waals surface area (Å²) < 4.78 is 6.52. The average Bonchev–Trinajstić information content (AvgIpc) is 3.13. The van der Waals surface area contributed by atoms with Crippen LogP contribution < -0.4 is 5.32 Å². The first-order valence-electron chi connectivity index (χ1n) is 7.90. The van der Waals surface area contributed by atoms with E-state index in [2.05, 4.69) is 20.8 Å².